The molecule has 0 aliphatic heterocycles. The van der Waals surface area contributed by atoms with Crippen molar-refractivity contribution in [1.82, 2.24) is 0 Å². The molecular weight excluding hydrogens is 198 g/mol. The molecule has 0 amide bonds. The van der Waals surface area contributed by atoms with E-state index in [2.05, 4.69) is 31.2 Å². The molecule has 1 fully saturated rings. The summed E-state index contributed by atoms with van der Waals surface area (Å²) in [6, 6.07) is 8.52. The van der Waals surface area contributed by atoms with Gasteiger partial charge in [-0.3, -0.25) is 0 Å². The highest BCUT2D eigenvalue weighted by molar-refractivity contribution is 5.28. The van der Waals surface area contributed by atoms with Gasteiger partial charge in [0.05, 0.1) is 5.60 Å². The smallest absolute Gasteiger partial charge is 0.0911 e. The summed E-state index contributed by atoms with van der Waals surface area (Å²) in [7, 11) is 0. The minimum Gasteiger partial charge on any atom is -0.385 e. The van der Waals surface area contributed by atoms with E-state index in [1.54, 1.807) is 0 Å². The van der Waals surface area contributed by atoms with Crippen molar-refractivity contribution in [3.05, 3.63) is 35.4 Å². The second-order valence-electron chi connectivity index (χ2n) is 4.98. The first-order valence-electron chi connectivity index (χ1n) is 6.21. The summed E-state index contributed by atoms with van der Waals surface area (Å²) in [6.07, 6.45) is 4.68. The maximum atomic E-state index is 10.5. The summed E-state index contributed by atoms with van der Waals surface area (Å²) in [6.45, 7) is 2.18. The van der Waals surface area contributed by atoms with E-state index in [0.29, 0.717) is 6.42 Å². The molecule has 0 heterocycles. The van der Waals surface area contributed by atoms with Crippen LogP contribution in [0.3, 0.4) is 0 Å². The molecule has 1 aliphatic carbocycles. The summed E-state index contributed by atoms with van der Waals surface area (Å²) < 4.78 is 0. The Morgan fingerprint density at radius 1 is 1.38 bits per heavy atom. The zero-order chi connectivity index (χ0) is 11.6. The molecule has 1 aromatic carbocycles. The van der Waals surface area contributed by atoms with Crippen LogP contribution in [-0.2, 0) is 12.0 Å². The number of nitrogens with two attached hydrogens (primary N) is 1. The number of benzene rings is 1. The van der Waals surface area contributed by atoms with Crippen molar-refractivity contribution in [1.29, 1.82) is 0 Å². The number of hydrogen-bond acceptors (Lipinski definition) is 2. The molecule has 0 saturated heterocycles. The van der Waals surface area contributed by atoms with E-state index >= 15 is 0 Å². The van der Waals surface area contributed by atoms with Gasteiger partial charge >= 0.3 is 0 Å². The van der Waals surface area contributed by atoms with Gasteiger partial charge in [0.25, 0.3) is 0 Å². The molecule has 2 unspecified atom stereocenters. The van der Waals surface area contributed by atoms with Crippen LogP contribution in [0.4, 0.5) is 0 Å². The molecule has 0 aromatic heterocycles. The van der Waals surface area contributed by atoms with Gasteiger partial charge in [0, 0.05) is 6.04 Å². The first-order chi connectivity index (χ1) is 7.64. The number of hydrogen-bond donors (Lipinski definition) is 2. The van der Waals surface area contributed by atoms with E-state index in [0.717, 1.165) is 31.2 Å². The van der Waals surface area contributed by atoms with Gasteiger partial charge in [0.1, 0.15) is 0 Å². The van der Waals surface area contributed by atoms with Gasteiger partial charge in [-0.05, 0) is 36.8 Å². The van der Waals surface area contributed by atoms with Crippen molar-refractivity contribution >= 4 is 0 Å². The normalized spacial score (nSPS) is 29.6. The summed E-state index contributed by atoms with van der Waals surface area (Å²) in [5.74, 6) is 0. The van der Waals surface area contributed by atoms with E-state index in [9.17, 15) is 5.11 Å². The molecule has 2 heteroatoms. The molecule has 0 radical (unpaired) electrons. The third-order valence-electron chi connectivity index (χ3n) is 3.56. The van der Waals surface area contributed by atoms with Crippen LogP contribution in [0.15, 0.2) is 24.3 Å². The minimum absolute atomic E-state index is 0.153. The molecule has 2 nitrogen and oxygen atoms in total. The molecule has 2 atom stereocenters. The second-order valence-corrected chi connectivity index (χ2v) is 4.98. The molecular formula is C14H21NO. The Hall–Kier alpha value is -0.860. The van der Waals surface area contributed by atoms with Crippen molar-refractivity contribution in [2.75, 3.05) is 0 Å². The topological polar surface area (TPSA) is 46.2 Å². The first-order valence-corrected chi connectivity index (χ1v) is 6.21. The lowest BCUT2D eigenvalue weighted by atomic mass is 9.91. The summed E-state index contributed by atoms with van der Waals surface area (Å²) in [4.78, 5) is 0. The lowest BCUT2D eigenvalue weighted by Gasteiger charge is -2.23. The molecule has 1 aromatic rings. The fraction of sp³-hybridized carbons (Fsp3) is 0.571. The van der Waals surface area contributed by atoms with E-state index in [-0.39, 0.29) is 6.04 Å². The lowest BCUT2D eigenvalue weighted by Crippen LogP contribution is -2.25. The molecule has 16 heavy (non-hydrogen) atoms. The van der Waals surface area contributed by atoms with Gasteiger partial charge in [-0.1, -0.05) is 37.6 Å². The van der Waals surface area contributed by atoms with E-state index in [4.69, 9.17) is 5.73 Å². The van der Waals surface area contributed by atoms with Gasteiger partial charge in [-0.2, -0.15) is 0 Å². The Labute approximate surface area is 97.5 Å². The standard InChI is InChI=1S/C14H21NO/c1-2-3-11-4-6-12(7-5-11)14(16)9-8-13(15)10-14/h4-7,13,16H,2-3,8-10,15H2,1H3. The van der Waals surface area contributed by atoms with Crippen LogP contribution in [0.1, 0.15) is 43.7 Å². The van der Waals surface area contributed by atoms with Gasteiger partial charge in [0.2, 0.25) is 0 Å². The van der Waals surface area contributed by atoms with Gasteiger partial charge < -0.3 is 10.8 Å². The molecule has 3 N–H and O–H groups in total. The van der Waals surface area contributed by atoms with Crippen LogP contribution in [0.5, 0.6) is 0 Å². The SMILES string of the molecule is CCCc1ccc(C2(O)CCC(N)C2)cc1. The predicted octanol–water partition coefficient (Wildman–Crippen LogP) is 2.34. The van der Waals surface area contributed by atoms with Crippen molar-refractivity contribution in [2.45, 2.75) is 50.7 Å². The second kappa shape index (κ2) is 4.56. The van der Waals surface area contributed by atoms with Crippen LogP contribution in [0.2, 0.25) is 0 Å². The highest BCUT2D eigenvalue weighted by Gasteiger charge is 2.36. The van der Waals surface area contributed by atoms with Crippen LogP contribution in [0, 0.1) is 0 Å². The van der Waals surface area contributed by atoms with Crippen LogP contribution in [0.25, 0.3) is 0 Å². The maximum absolute atomic E-state index is 10.5. The Morgan fingerprint density at radius 2 is 2.06 bits per heavy atom. The Bertz CT molecular complexity index is 346. The van der Waals surface area contributed by atoms with Crippen molar-refractivity contribution < 1.29 is 5.11 Å². The van der Waals surface area contributed by atoms with Crippen molar-refractivity contribution in [3.8, 4) is 0 Å². The maximum Gasteiger partial charge on any atom is 0.0911 e. The van der Waals surface area contributed by atoms with E-state index in [1.165, 1.54) is 5.56 Å². The van der Waals surface area contributed by atoms with Gasteiger partial charge in [-0.25, -0.2) is 0 Å². The monoisotopic (exact) mass is 219 g/mol. The summed E-state index contributed by atoms with van der Waals surface area (Å²) >= 11 is 0. The van der Waals surface area contributed by atoms with Crippen molar-refractivity contribution in [2.24, 2.45) is 5.73 Å². The molecule has 88 valence electrons. The van der Waals surface area contributed by atoms with Gasteiger partial charge in [0.15, 0.2) is 0 Å². The largest absolute Gasteiger partial charge is 0.385 e. The van der Waals surface area contributed by atoms with Crippen LogP contribution < -0.4 is 5.73 Å². The Balaban J connectivity index is 2.15. The Morgan fingerprint density at radius 3 is 2.56 bits per heavy atom. The third kappa shape index (κ3) is 2.28. The molecule has 1 aliphatic rings. The summed E-state index contributed by atoms with van der Waals surface area (Å²) in [5.41, 5.74) is 7.56. The minimum atomic E-state index is -0.676. The Kier molecular flexibility index (Phi) is 3.31. The van der Waals surface area contributed by atoms with E-state index in [1.807, 2.05) is 0 Å². The highest BCUT2D eigenvalue weighted by atomic mass is 16.3. The quantitative estimate of drug-likeness (QED) is 0.819. The molecule has 1 saturated carbocycles. The van der Waals surface area contributed by atoms with Crippen molar-refractivity contribution in [3.63, 3.8) is 0 Å². The average molecular weight is 219 g/mol. The predicted molar refractivity (Wildman–Crippen MR) is 66.2 cm³/mol. The fourth-order valence-corrected chi connectivity index (χ4v) is 2.59. The molecule has 2 rings (SSSR count). The zero-order valence-corrected chi connectivity index (χ0v) is 9.95. The summed E-state index contributed by atoms with van der Waals surface area (Å²) in [5, 5.41) is 10.5. The number of rotatable bonds is 3. The van der Waals surface area contributed by atoms with Gasteiger partial charge in [-0.15, -0.1) is 0 Å². The fourth-order valence-electron chi connectivity index (χ4n) is 2.59. The molecule has 0 spiro atoms. The lowest BCUT2D eigenvalue weighted by molar-refractivity contribution is 0.0431. The van der Waals surface area contributed by atoms with E-state index < -0.39 is 5.60 Å². The number of aliphatic hydroxyl groups is 1. The third-order valence-corrected chi connectivity index (χ3v) is 3.56. The average Bonchev–Trinajstić information content (AvgIpc) is 2.61. The first kappa shape index (κ1) is 11.6. The molecule has 0 bridgehead atoms. The van der Waals surface area contributed by atoms with Crippen LogP contribution >= 0.6 is 0 Å². The zero-order valence-electron chi connectivity index (χ0n) is 9.95. The number of aryl methyl sites for hydroxylation is 1. The highest BCUT2D eigenvalue weighted by Crippen LogP contribution is 2.37. The van der Waals surface area contributed by atoms with Crippen LogP contribution in [-0.4, -0.2) is 11.1 Å².